The molecule has 2 rings (SSSR count). The Morgan fingerprint density at radius 3 is 2.42 bits per heavy atom. The maximum atomic E-state index is 12.1. The maximum Gasteiger partial charge on any atom is 0.305 e. The van der Waals surface area contributed by atoms with Crippen molar-refractivity contribution in [2.75, 3.05) is 0 Å². The highest BCUT2D eigenvalue weighted by atomic mass is 16.4. The van der Waals surface area contributed by atoms with Crippen LogP contribution < -0.4 is 11.1 Å². The minimum atomic E-state index is -0.895. The lowest BCUT2D eigenvalue weighted by atomic mass is 9.74. The molecule has 19 heavy (non-hydrogen) atoms. The summed E-state index contributed by atoms with van der Waals surface area (Å²) in [6, 6.07) is 8.31. The van der Waals surface area contributed by atoms with E-state index in [1.165, 1.54) is 0 Å². The molecule has 1 aliphatic rings. The van der Waals surface area contributed by atoms with Gasteiger partial charge in [0.25, 0.3) is 0 Å². The molecule has 102 valence electrons. The Kier molecular flexibility index (Phi) is 3.85. The standard InChI is InChI=1S/C14H18N2O3/c15-12(10-5-2-1-3-6-10)13(19)16-14(7-4-8-14)9-11(17)18/h1-3,5-6,12H,4,7-9,15H2,(H,16,19)(H,17,18)/t12-/m1/s1. The molecule has 0 aromatic heterocycles. The van der Waals surface area contributed by atoms with Crippen LogP contribution in [0.5, 0.6) is 0 Å². The molecule has 4 N–H and O–H groups in total. The van der Waals surface area contributed by atoms with E-state index in [-0.39, 0.29) is 12.3 Å². The Morgan fingerprint density at radius 2 is 1.95 bits per heavy atom. The molecule has 0 radical (unpaired) electrons. The van der Waals surface area contributed by atoms with Crippen molar-refractivity contribution < 1.29 is 14.7 Å². The van der Waals surface area contributed by atoms with E-state index in [9.17, 15) is 9.59 Å². The molecule has 1 aliphatic carbocycles. The number of carbonyl (C=O) groups is 2. The van der Waals surface area contributed by atoms with Gasteiger partial charge in [0.1, 0.15) is 6.04 Å². The molecule has 1 aromatic rings. The summed E-state index contributed by atoms with van der Waals surface area (Å²) < 4.78 is 0. The van der Waals surface area contributed by atoms with Crippen molar-refractivity contribution in [3.05, 3.63) is 35.9 Å². The third kappa shape index (κ3) is 3.12. The van der Waals surface area contributed by atoms with E-state index in [0.717, 1.165) is 12.0 Å². The Morgan fingerprint density at radius 1 is 1.32 bits per heavy atom. The molecule has 0 unspecified atom stereocenters. The summed E-state index contributed by atoms with van der Waals surface area (Å²) >= 11 is 0. The monoisotopic (exact) mass is 262 g/mol. The van der Waals surface area contributed by atoms with Crippen LogP contribution in [0.15, 0.2) is 30.3 Å². The van der Waals surface area contributed by atoms with Gasteiger partial charge in [-0.15, -0.1) is 0 Å². The molecule has 0 bridgehead atoms. The zero-order chi connectivity index (χ0) is 13.9. The molecule has 0 spiro atoms. The average Bonchev–Trinajstić information content (AvgIpc) is 2.35. The molecule has 0 saturated heterocycles. The number of nitrogens with two attached hydrogens (primary N) is 1. The normalized spacial score (nSPS) is 18.2. The van der Waals surface area contributed by atoms with Gasteiger partial charge in [0, 0.05) is 0 Å². The summed E-state index contributed by atoms with van der Waals surface area (Å²) in [5, 5.41) is 11.7. The Balaban J connectivity index is 2.02. The third-order valence-electron chi connectivity index (χ3n) is 3.63. The van der Waals surface area contributed by atoms with Gasteiger partial charge < -0.3 is 16.2 Å². The van der Waals surface area contributed by atoms with Crippen molar-refractivity contribution in [3.63, 3.8) is 0 Å². The van der Waals surface area contributed by atoms with E-state index in [4.69, 9.17) is 10.8 Å². The third-order valence-corrected chi connectivity index (χ3v) is 3.63. The lowest BCUT2D eigenvalue weighted by Gasteiger charge is -2.42. The number of amides is 1. The molecular formula is C14H18N2O3. The van der Waals surface area contributed by atoms with E-state index in [1.54, 1.807) is 12.1 Å². The Labute approximate surface area is 111 Å². The Bertz CT molecular complexity index is 469. The lowest BCUT2D eigenvalue weighted by molar-refractivity contribution is -0.140. The predicted molar refractivity (Wildman–Crippen MR) is 70.3 cm³/mol. The average molecular weight is 262 g/mol. The largest absolute Gasteiger partial charge is 0.481 e. The number of rotatable bonds is 5. The number of carboxylic acids is 1. The van der Waals surface area contributed by atoms with E-state index in [0.29, 0.717) is 12.8 Å². The van der Waals surface area contributed by atoms with Crippen LogP contribution in [0, 0.1) is 0 Å². The summed E-state index contributed by atoms with van der Waals surface area (Å²) in [6.45, 7) is 0. The SMILES string of the molecule is N[C@@H](C(=O)NC1(CC(=O)O)CCC1)c1ccccc1. The van der Waals surface area contributed by atoms with Gasteiger partial charge in [-0.25, -0.2) is 0 Å². The number of aliphatic carboxylic acids is 1. The van der Waals surface area contributed by atoms with Crippen molar-refractivity contribution in [1.29, 1.82) is 0 Å². The highest BCUT2D eigenvalue weighted by molar-refractivity contribution is 5.84. The van der Waals surface area contributed by atoms with Crippen molar-refractivity contribution in [3.8, 4) is 0 Å². The van der Waals surface area contributed by atoms with Crippen molar-refractivity contribution >= 4 is 11.9 Å². The van der Waals surface area contributed by atoms with Gasteiger partial charge in [0.2, 0.25) is 5.91 Å². The summed E-state index contributed by atoms with van der Waals surface area (Å²) in [5.41, 5.74) is 6.02. The molecule has 1 aromatic carbocycles. The molecule has 5 heteroatoms. The van der Waals surface area contributed by atoms with Crippen LogP contribution in [-0.4, -0.2) is 22.5 Å². The van der Waals surface area contributed by atoms with Crippen LogP contribution >= 0.6 is 0 Å². The fraction of sp³-hybridized carbons (Fsp3) is 0.429. The van der Waals surface area contributed by atoms with Crippen molar-refractivity contribution in [2.24, 2.45) is 5.73 Å². The zero-order valence-electron chi connectivity index (χ0n) is 10.6. The molecule has 1 atom stereocenters. The fourth-order valence-corrected chi connectivity index (χ4v) is 2.39. The van der Waals surface area contributed by atoms with Gasteiger partial charge in [-0.1, -0.05) is 30.3 Å². The van der Waals surface area contributed by atoms with Gasteiger partial charge in [0.05, 0.1) is 12.0 Å². The summed E-state index contributed by atoms with van der Waals surface area (Å²) in [4.78, 5) is 23.0. The first-order valence-electron chi connectivity index (χ1n) is 6.37. The molecule has 5 nitrogen and oxygen atoms in total. The van der Waals surface area contributed by atoms with Gasteiger partial charge in [-0.3, -0.25) is 9.59 Å². The number of carboxylic acid groups (broad SMARTS) is 1. The second kappa shape index (κ2) is 5.40. The molecule has 0 aliphatic heterocycles. The Hall–Kier alpha value is -1.88. The second-order valence-electron chi connectivity index (χ2n) is 5.08. The summed E-state index contributed by atoms with van der Waals surface area (Å²) in [7, 11) is 0. The van der Waals surface area contributed by atoms with Gasteiger partial charge in [0.15, 0.2) is 0 Å². The maximum absolute atomic E-state index is 12.1. The number of benzene rings is 1. The lowest BCUT2D eigenvalue weighted by Crippen LogP contribution is -2.56. The molecule has 0 heterocycles. The quantitative estimate of drug-likeness (QED) is 0.743. The second-order valence-corrected chi connectivity index (χ2v) is 5.08. The number of hydrogen-bond donors (Lipinski definition) is 3. The van der Waals surface area contributed by atoms with Crippen LogP contribution in [-0.2, 0) is 9.59 Å². The smallest absolute Gasteiger partial charge is 0.305 e. The first-order valence-corrected chi connectivity index (χ1v) is 6.37. The van der Waals surface area contributed by atoms with Gasteiger partial charge in [-0.2, -0.15) is 0 Å². The number of hydrogen-bond acceptors (Lipinski definition) is 3. The summed E-state index contributed by atoms with van der Waals surface area (Å²) in [6.07, 6.45) is 2.30. The van der Waals surface area contributed by atoms with E-state index >= 15 is 0 Å². The first-order chi connectivity index (χ1) is 9.02. The van der Waals surface area contributed by atoms with Crippen LogP contribution in [0.2, 0.25) is 0 Å². The van der Waals surface area contributed by atoms with Crippen molar-refractivity contribution in [2.45, 2.75) is 37.3 Å². The highest BCUT2D eigenvalue weighted by Crippen LogP contribution is 2.35. The molecule has 1 fully saturated rings. The highest BCUT2D eigenvalue weighted by Gasteiger charge is 2.41. The fourth-order valence-electron chi connectivity index (χ4n) is 2.39. The number of carbonyl (C=O) groups excluding carboxylic acids is 1. The predicted octanol–water partition coefficient (Wildman–Crippen LogP) is 1.20. The van der Waals surface area contributed by atoms with Crippen LogP contribution in [0.25, 0.3) is 0 Å². The first kappa shape index (κ1) is 13.5. The van der Waals surface area contributed by atoms with Gasteiger partial charge >= 0.3 is 5.97 Å². The van der Waals surface area contributed by atoms with E-state index in [1.807, 2.05) is 18.2 Å². The van der Waals surface area contributed by atoms with Crippen LogP contribution in [0.3, 0.4) is 0 Å². The molecule has 1 amide bonds. The molecule has 1 saturated carbocycles. The summed E-state index contributed by atoms with van der Waals surface area (Å²) in [5.74, 6) is -1.21. The van der Waals surface area contributed by atoms with E-state index < -0.39 is 17.6 Å². The van der Waals surface area contributed by atoms with E-state index in [2.05, 4.69) is 5.32 Å². The number of nitrogens with one attached hydrogen (secondary N) is 1. The minimum Gasteiger partial charge on any atom is -0.481 e. The van der Waals surface area contributed by atoms with Crippen LogP contribution in [0.4, 0.5) is 0 Å². The van der Waals surface area contributed by atoms with Crippen molar-refractivity contribution in [1.82, 2.24) is 5.32 Å². The van der Waals surface area contributed by atoms with Crippen LogP contribution in [0.1, 0.15) is 37.3 Å². The minimum absolute atomic E-state index is 0.0414. The molecular weight excluding hydrogens is 244 g/mol. The topological polar surface area (TPSA) is 92.4 Å². The zero-order valence-corrected chi connectivity index (χ0v) is 10.6. The van der Waals surface area contributed by atoms with Gasteiger partial charge in [-0.05, 0) is 24.8 Å².